The minimum absolute atomic E-state index is 0.0165. The van der Waals surface area contributed by atoms with Gasteiger partial charge in [-0.05, 0) is 23.6 Å². The van der Waals surface area contributed by atoms with Crippen LogP contribution in [0.15, 0.2) is 54.6 Å². The Hall–Kier alpha value is -2.20. The lowest BCUT2D eigenvalue weighted by Gasteiger charge is -2.34. The van der Waals surface area contributed by atoms with Crippen LogP contribution in [-0.4, -0.2) is 48.4 Å². The second-order valence-electron chi connectivity index (χ2n) is 6.23. The maximum absolute atomic E-state index is 13.7. The molecule has 1 aliphatic heterocycles. The summed E-state index contributed by atoms with van der Waals surface area (Å²) in [5.74, 6) is -0.282. The van der Waals surface area contributed by atoms with E-state index >= 15 is 0 Å². The number of nitrogens with zero attached hydrogens (tertiary/aromatic N) is 2. The predicted octanol–water partition coefficient (Wildman–Crippen LogP) is 2.76. The van der Waals surface area contributed by atoms with Crippen molar-refractivity contribution in [2.24, 2.45) is 0 Å². The predicted molar refractivity (Wildman–Crippen MR) is 93.3 cm³/mol. The van der Waals surface area contributed by atoms with Crippen LogP contribution in [0.2, 0.25) is 0 Å². The number of carbonyl (C=O) groups is 1. The Morgan fingerprint density at radius 2 is 1.58 bits per heavy atom. The number of benzene rings is 2. The van der Waals surface area contributed by atoms with E-state index in [9.17, 15) is 9.18 Å². The zero-order valence-corrected chi connectivity index (χ0v) is 13.8. The van der Waals surface area contributed by atoms with Crippen LogP contribution in [-0.2, 0) is 17.6 Å². The number of amides is 1. The number of hydrogen-bond donors (Lipinski definition) is 0. The maximum Gasteiger partial charge on any atom is 0.227 e. The van der Waals surface area contributed by atoms with Crippen LogP contribution in [0.1, 0.15) is 11.1 Å². The summed E-state index contributed by atoms with van der Waals surface area (Å²) in [7, 11) is 0. The molecule has 0 aromatic heterocycles. The molecule has 126 valence electrons. The second-order valence-corrected chi connectivity index (χ2v) is 6.23. The fraction of sp³-hybridized carbons (Fsp3) is 0.350. The van der Waals surface area contributed by atoms with E-state index in [1.165, 1.54) is 11.6 Å². The third kappa shape index (κ3) is 4.42. The lowest BCUT2D eigenvalue weighted by molar-refractivity contribution is -0.132. The summed E-state index contributed by atoms with van der Waals surface area (Å²) in [4.78, 5) is 16.6. The minimum atomic E-state index is -0.299. The summed E-state index contributed by atoms with van der Waals surface area (Å²) < 4.78 is 13.7. The summed E-state index contributed by atoms with van der Waals surface area (Å²) in [6.07, 6.45) is 1.18. The molecule has 4 heteroatoms. The van der Waals surface area contributed by atoms with Gasteiger partial charge in [-0.15, -0.1) is 0 Å². The molecule has 1 aliphatic rings. The monoisotopic (exact) mass is 326 g/mol. The number of halogens is 1. The van der Waals surface area contributed by atoms with Crippen LogP contribution in [0.4, 0.5) is 4.39 Å². The first-order chi connectivity index (χ1) is 11.7. The Kier molecular flexibility index (Phi) is 5.59. The van der Waals surface area contributed by atoms with E-state index < -0.39 is 0 Å². The first-order valence-corrected chi connectivity index (χ1v) is 8.50. The Morgan fingerprint density at radius 3 is 2.29 bits per heavy atom. The molecule has 1 heterocycles. The van der Waals surface area contributed by atoms with Crippen molar-refractivity contribution in [1.82, 2.24) is 9.80 Å². The van der Waals surface area contributed by atoms with Crippen LogP contribution in [0.3, 0.4) is 0 Å². The minimum Gasteiger partial charge on any atom is -0.340 e. The summed E-state index contributed by atoms with van der Waals surface area (Å²) in [5, 5.41) is 0. The van der Waals surface area contributed by atoms with E-state index in [1.54, 1.807) is 18.2 Å². The van der Waals surface area contributed by atoms with Crippen molar-refractivity contribution in [3.63, 3.8) is 0 Å². The largest absolute Gasteiger partial charge is 0.340 e. The molecule has 0 unspecified atom stereocenters. The van der Waals surface area contributed by atoms with Crippen molar-refractivity contribution < 1.29 is 9.18 Å². The molecule has 1 saturated heterocycles. The van der Waals surface area contributed by atoms with E-state index in [2.05, 4.69) is 29.2 Å². The number of rotatable bonds is 5. The molecule has 0 N–H and O–H groups in total. The van der Waals surface area contributed by atoms with Crippen molar-refractivity contribution in [2.75, 3.05) is 32.7 Å². The Balaban J connectivity index is 1.44. The highest BCUT2D eigenvalue weighted by Gasteiger charge is 2.21. The molecule has 0 spiro atoms. The molecule has 1 fully saturated rings. The van der Waals surface area contributed by atoms with E-state index in [0.717, 1.165) is 39.1 Å². The molecule has 24 heavy (non-hydrogen) atoms. The van der Waals surface area contributed by atoms with E-state index in [4.69, 9.17) is 0 Å². The first-order valence-electron chi connectivity index (χ1n) is 8.50. The van der Waals surface area contributed by atoms with E-state index in [0.29, 0.717) is 5.56 Å². The lowest BCUT2D eigenvalue weighted by Crippen LogP contribution is -2.49. The maximum atomic E-state index is 13.7. The zero-order valence-electron chi connectivity index (χ0n) is 13.8. The van der Waals surface area contributed by atoms with Crippen LogP contribution < -0.4 is 0 Å². The van der Waals surface area contributed by atoms with Crippen LogP contribution in [0, 0.1) is 5.82 Å². The van der Waals surface area contributed by atoms with Gasteiger partial charge in [0.1, 0.15) is 5.82 Å². The van der Waals surface area contributed by atoms with Crippen molar-refractivity contribution in [1.29, 1.82) is 0 Å². The number of piperazine rings is 1. The Morgan fingerprint density at radius 1 is 0.917 bits per heavy atom. The topological polar surface area (TPSA) is 23.6 Å². The molecule has 0 atom stereocenters. The van der Waals surface area contributed by atoms with E-state index in [1.807, 2.05) is 11.0 Å². The van der Waals surface area contributed by atoms with Crippen molar-refractivity contribution >= 4 is 5.91 Å². The van der Waals surface area contributed by atoms with E-state index in [-0.39, 0.29) is 18.1 Å². The molecule has 1 amide bonds. The molecular weight excluding hydrogens is 303 g/mol. The van der Waals surface area contributed by atoms with Crippen LogP contribution in [0.25, 0.3) is 0 Å². The molecule has 0 aliphatic carbocycles. The van der Waals surface area contributed by atoms with Gasteiger partial charge in [0.15, 0.2) is 0 Å². The molecule has 0 bridgehead atoms. The summed E-state index contributed by atoms with van der Waals surface area (Å²) in [5.41, 5.74) is 1.82. The fourth-order valence-electron chi connectivity index (χ4n) is 3.07. The molecular formula is C20H23FN2O. The number of carbonyl (C=O) groups excluding carboxylic acids is 1. The van der Waals surface area contributed by atoms with Gasteiger partial charge in [0.2, 0.25) is 5.91 Å². The van der Waals surface area contributed by atoms with Crippen molar-refractivity contribution in [2.45, 2.75) is 12.8 Å². The second kappa shape index (κ2) is 8.06. The smallest absolute Gasteiger partial charge is 0.227 e. The highest BCUT2D eigenvalue weighted by atomic mass is 19.1. The molecule has 2 aromatic carbocycles. The van der Waals surface area contributed by atoms with Gasteiger partial charge >= 0.3 is 0 Å². The molecule has 3 nitrogen and oxygen atoms in total. The van der Waals surface area contributed by atoms with Crippen molar-refractivity contribution in [3.05, 3.63) is 71.5 Å². The van der Waals surface area contributed by atoms with Gasteiger partial charge < -0.3 is 4.90 Å². The van der Waals surface area contributed by atoms with Gasteiger partial charge in [-0.1, -0.05) is 48.5 Å². The van der Waals surface area contributed by atoms with Gasteiger partial charge in [-0.3, -0.25) is 9.69 Å². The average molecular weight is 326 g/mol. The lowest BCUT2D eigenvalue weighted by atomic mass is 10.1. The zero-order chi connectivity index (χ0) is 16.8. The highest BCUT2D eigenvalue weighted by Crippen LogP contribution is 2.11. The summed E-state index contributed by atoms with van der Waals surface area (Å²) in [6.45, 7) is 4.23. The summed E-state index contributed by atoms with van der Waals surface area (Å²) >= 11 is 0. The third-order valence-electron chi connectivity index (χ3n) is 4.58. The average Bonchev–Trinajstić information content (AvgIpc) is 2.63. The van der Waals surface area contributed by atoms with Gasteiger partial charge in [0.25, 0.3) is 0 Å². The van der Waals surface area contributed by atoms with Gasteiger partial charge in [0.05, 0.1) is 6.42 Å². The molecule has 0 radical (unpaired) electrons. The fourth-order valence-corrected chi connectivity index (χ4v) is 3.07. The summed E-state index contributed by atoms with van der Waals surface area (Å²) in [6, 6.07) is 17.0. The third-order valence-corrected chi connectivity index (χ3v) is 4.58. The molecule has 0 saturated carbocycles. The highest BCUT2D eigenvalue weighted by molar-refractivity contribution is 5.79. The Labute approximate surface area is 142 Å². The first kappa shape index (κ1) is 16.7. The van der Waals surface area contributed by atoms with Crippen molar-refractivity contribution in [3.8, 4) is 0 Å². The van der Waals surface area contributed by atoms with Gasteiger partial charge in [-0.2, -0.15) is 0 Å². The standard InChI is InChI=1S/C20H23FN2O/c21-19-9-5-4-8-18(19)16-20(24)23-14-12-22(13-15-23)11-10-17-6-2-1-3-7-17/h1-9H,10-16H2. The van der Waals surface area contributed by atoms with Gasteiger partial charge in [0, 0.05) is 32.7 Å². The quantitative estimate of drug-likeness (QED) is 0.843. The van der Waals surface area contributed by atoms with Crippen LogP contribution in [0.5, 0.6) is 0 Å². The molecule has 2 aromatic rings. The Bertz CT molecular complexity index is 666. The molecule has 3 rings (SSSR count). The number of hydrogen-bond acceptors (Lipinski definition) is 2. The SMILES string of the molecule is O=C(Cc1ccccc1F)N1CCN(CCc2ccccc2)CC1. The van der Waals surface area contributed by atoms with Gasteiger partial charge in [-0.25, -0.2) is 4.39 Å². The normalized spacial score (nSPS) is 15.5. The van der Waals surface area contributed by atoms with Crippen LogP contribution >= 0.6 is 0 Å².